The van der Waals surface area contributed by atoms with Crippen molar-refractivity contribution in [1.82, 2.24) is 4.98 Å². The van der Waals surface area contributed by atoms with Crippen molar-refractivity contribution in [2.24, 2.45) is 5.73 Å². The summed E-state index contributed by atoms with van der Waals surface area (Å²) in [6, 6.07) is 26.5. The average Bonchev–Trinajstić information content (AvgIpc) is 2.79. The minimum Gasteiger partial charge on any atom is -0.392 e. The van der Waals surface area contributed by atoms with Crippen molar-refractivity contribution in [1.29, 1.82) is 0 Å². The van der Waals surface area contributed by atoms with Crippen molar-refractivity contribution in [3.8, 4) is 0 Å². The third-order valence-electron chi connectivity index (χ3n) is 5.98. The largest absolute Gasteiger partial charge is 0.392 e. The Kier molecular flexibility index (Phi) is 5.57. The van der Waals surface area contributed by atoms with Crippen LogP contribution in [-0.2, 0) is 18.4 Å². The number of aromatic nitrogens is 1. The second-order valence-corrected chi connectivity index (χ2v) is 8.37. The number of fused-ring (bicyclic) bond motifs is 1. The van der Waals surface area contributed by atoms with Crippen molar-refractivity contribution >= 4 is 16.8 Å². The SMILES string of the molecule is CC(C)(c1ccccc1)c1ccc(Cc2cc3cccc(CO)c3nc2C(N)=O)cc1. The topological polar surface area (TPSA) is 76.2 Å². The molecule has 3 aromatic carbocycles. The maximum Gasteiger partial charge on any atom is 0.267 e. The van der Waals surface area contributed by atoms with Crippen LogP contribution in [0.1, 0.15) is 52.2 Å². The summed E-state index contributed by atoms with van der Waals surface area (Å²) < 4.78 is 0. The molecule has 0 saturated carbocycles. The maximum atomic E-state index is 12.1. The first-order valence-corrected chi connectivity index (χ1v) is 10.4. The van der Waals surface area contributed by atoms with Gasteiger partial charge in [0.05, 0.1) is 12.1 Å². The number of nitrogens with two attached hydrogens (primary N) is 1. The molecule has 0 spiro atoms. The van der Waals surface area contributed by atoms with E-state index in [1.165, 1.54) is 11.1 Å². The van der Waals surface area contributed by atoms with Crippen LogP contribution in [0, 0.1) is 0 Å². The number of aliphatic hydroxyl groups excluding tert-OH is 1. The molecule has 0 aliphatic rings. The number of aliphatic hydroxyl groups is 1. The molecule has 0 bridgehead atoms. The smallest absolute Gasteiger partial charge is 0.267 e. The minimum absolute atomic E-state index is 0.108. The van der Waals surface area contributed by atoms with Crippen LogP contribution < -0.4 is 5.73 Å². The summed E-state index contributed by atoms with van der Waals surface area (Å²) >= 11 is 0. The first-order valence-electron chi connectivity index (χ1n) is 10.4. The summed E-state index contributed by atoms with van der Waals surface area (Å²) in [6.07, 6.45) is 0.552. The lowest BCUT2D eigenvalue weighted by atomic mass is 9.78. The van der Waals surface area contributed by atoms with Crippen LogP contribution in [0.15, 0.2) is 78.9 Å². The third kappa shape index (κ3) is 4.07. The zero-order chi connectivity index (χ0) is 22.0. The number of amides is 1. The number of nitrogens with zero attached hydrogens (tertiary/aromatic N) is 1. The fourth-order valence-corrected chi connectivity index (χ4v) is 4.06. The molecular formula is C27H26N2O2. The van der Waals surface area contributed by atoms with E-state index in [1.54, 1.807) is 6.07 Å². The number of hydrogen-bond donors (Lipinski definition) is 2. The number of hydrogen-bond acceptors (Lipinski definition) is 3. The van der Waals surface area contributed by atoms with E-state index >= 15 is 0 Å². The Labute approximate surface area is 182 Å². The molecule has 0 aliphatic carbocycles. The van der Waals surface area contributed by atoms with Crippen molar-refractivity contribution in [2.45, 2.75) is 32.3 Å². The van der Waals surface area contributed by atoms with E-state index in [-0.39, 0.29) is 17.7 Å². The molecule has 1 amide bonds. The molecule has 0 unspecified atom stereocenters. The molecule has 0 aliphatic heterocycles. The number of pyridine rings is 1. The molecule has 0 atom stereocenters. The van der Waals surface area contributed by atoms with Gasteiger partial charge in [0.15, 0.2) is 0 Å². The van der Waals surface area contributed by atoms with Crippen LogP contribution in [-0.4, -0.2) is 16.0 Å². The number of primary amides is 1. The molecular weight excluding hydrogens is 384 g/mol. The molecule has 0 saturated heterocycles. The second kappa shape index (κ2) is 8.32. The van der Waals surface area contributed by atoms with Gasteiger partial charge in [-0.05, 0) is 34.7 Å². The van der Waals surface area contributed by atoms with Crippen molar-refractivity contribution in [3.63, 3.8) is 0 Å². The zero-order valence-corrected chi connectivity index (χ0v) is 17.8. The molecule has 3 N–H and O–H groups in total. The summed E-state index contributed by atoms with van der Waals surface area (Å²) in [5.74, 6) is -0.563. The summed E-state index contributed by atoms with van der Waals surface area (Å²) in [6.45, 7) is 4.30. The van der Waals surface area contributed by atoms with Crippen molar-refractivity contribution < 1.29 is 9.90 Å². The fraction of sp³-hybridized carbons (Fsp3) is 0.185. The Balaban J connectivity index is 1.68. The number of benzene rings is 3. The monoisotopic (exact) mass is 410 g/mol. The molecule has 4 nitrogen and oxygen atoms in total. The molecule has 31 heavy (non-hydrogen) atoms. The number of carbonyl (C=O) groups is 1. The Morgan fingerprint density at radius 2 is 1.58 bits per heavy atom. The van der Waals surface area contributed by atoms with E-state index in [0.717, 1.165) is 16.5 Å². The average molecular weight is 411 g/mol. The number of rotatable bonds is 6. The normalized spacial score (nSPS) is 11.6. The van der Waals surface area contributed by atoms with Crippen molar-refractivity contribution in [2.75, 3.05) is 0 Å². The highest BCUT2D eigenvalue weighted by molar-refractivity contribution is 5.96. The molecule has 4 heteroatoms. The van der Waals surface area contributed by atoms with Crippen LogP contribution in [0.4, 0.5) is 0 Å². The highest BCUT2D eigenvalue weighted by atomic mass is 16.3. The van der Waals surface area contributed by atoms with Gasteiger partial charge in [-0.1, -0.05) is 86.6 Å². The highest BCUT2D eigenvalue weighted by Crippen LogP contribution is 2.31. The van der Waals surface area contributed by atoms with E-state index in [0.29, 0.717) is 17.5 Å². The molecule has 156 valence electrons. The highest BCUT2D eigenvalue weighted by Gasteiger charge is 2.22. The fourth-order valence-electron chi connectivity index (χ4n) is 4.06. The summed E-state index contributed by atoms with van der Waals surface area (Å²) in [7, 11) is 0. The quantitative estimate of drug-likeness (QED) is 0.482. The lowest BCUT2D eigenvalue weighted by Gasteiger charge is -2.26. The van der Waals surface area contributed by atoms with E-state index in [9.17, 15) is 9.90 Å². The lowest BCUT2D eigenvalue weighted by molar-refractivity contribution is 0.0995. The van der Waals surface area contributed by atoms with Crippen molar-refractivity contribution in [3.05, 3.63) is 112 Å². The predicted octanol–water partition coefficient (Wildman–Crippen LogP) is 4.74. The second-order valence-electron chi connectivity index (χ2n) is 8.37. The molecule has 0 radical (unpaired) electrons. The molecule has 0 fully saturated rings. The van der Waals surface area contributed by atoms with E-state index in [4.69, 9.17) is 5.73 Å². The van der Waals surface area contributed by atoms with Gasteiger partial charge in [0.25, 0.3) is 5.91 Å². The molecule has 1 aromatic heterocycles. The van der Waals surface area contributed by atoms with Crippen LogP contribution in [0.2, 0.25) is 0 Å². The van der Waals surface area contributed by atoms with Gasteiger partial charge in [0.1, 0.15) is 5.69 Å². The summed E-state index contributed by atoms with van der Waals surface area (Å²) in [5.41, 5.74) is 11.4. The lowest BCUT2D eigenvalue weighted by Crippen LogP contribution is -2.19. The van der Waals surface area contributed by atoms with Gasteiger partial charge < -0.3 is 10.8 Å². The first kappa shape index (κ1) is 20.8. The van der Waals surface area contributed by atoms with Gasteiger partial charge >= 0.3 is 0 Å². The Bertz CT molecular complexity index is 1230. The van der Waals surface area contributed by atoms with Gasteiger partial charge in [-0.15, -0.1) is 0 Å². The molecule has 1 heterocycles. The Morgan fingerprint density at radius 3 is 2.23 bits per heavy atom. The standard InChI is InChI=1S/C27H26N2O2/c1-27(2,22-9-4-3-5-10-22)23-13-11-18(12-14-23)15-21-16-19-7-6-8-20(17-30)24(19)29-25(21)26(28)31/h3-14,16,30H,15,17H2,1-2H3,(H2,28,31). The van der Waals surface area contributed by atoms with Gasteiger partial charge in [-0.25, -0.2) is 4.98 Å². The Morgan fingerprint density at radius 1 is 0.903 bits per heavy atom. The van der Waals surface area contributed by atoms with Crippen LogP contribution >= 0.6 is 0 Å². The first-order chi connectivity index (χ1) is 14.9. The van der Waals surface area contributed by atoms with Gasteiger partial charge in [0, 0.05) is 16.4 Å². The van der Waals surface area contributed by atoms with Crippen LogP contribution in [0.3, 0.4) is 0 Å². The van der Waals surface area contributed by atoms with E-state index < -0.39 is 5.91 Å². The number of para-hydroxylation sites is 1. The maximum absolute atomic E-state index is 12.1. The zero-order valence-electron chi connectivity index (χ0n) is 17.8. The summed E-state index contributed by atoms with van der Waals surface area (Å²) in [4.78, 5) is 16.6. The van der Waals surface area contributed by atoms with Crippen LogP contribution in [0.5, 0.6) is 0 Å². The summed E-state index contributed by atoms with van der Waals surface area (Å²) in [5, 5.41) is 10.5. The number of carbonyl (C=O) groups excluding carboxylic acids is 1. The van der Waals surface area contributed by atoms with Gasteiger partial charge in [0.2, 0.25) is 0 Å². The molecule has 4 rings (SSSR count). The van der Waals surface area contributed by atoms with E-state index in [2.05, 4.69) is 67.4 Å². The van der Waals surface area contributed by atoms with Crippen LogP contribution in [0.25, 0.3) is 10.9 Å². The third-order valence-corrected chi connectivity index (χ3v) is 5.98. The molecule has 4 aromatic rings. The Hall–Kier alpha value is -3.50. The van der Waals surface area contributed by atoms with E-state index in [1.807, 2.05) is 24.3 Å². The van der Waals surface area contributed by atoms with Gasteiger partial charge in [-0.2, -0.15) is 0 Å². The predicted molar refractivity (Wildman–Crippen MR) is 124 cm³/mol. The minimum atomic E-state index is -0.563. The van der Waals surface area contributed by atoms with Gasteiger partial charge in [-0.3, -0.25) is 4.79 Å².